The lowest BCUT2D eigenvalue weighted by Gasteiger charge is -2.26. The largest absolute Gasteiger partial charge is 0.467 e. The number of sulfonamides is 1. The lowest BCUT2D eigenvalue weighted by Crippen LogP contribution is -2.40. The molecule has 1 fully saturated rings. The summed E-state index contributed by atoms with van der Waals surface area (Å²) in [4.78, 5) is 12.9. The number of hydrogen-bond donors (Lipinski definition) is 2. The monoisotopic (exact) mass is 469 g/mol. The molecule has 2 N–H and O–H groups in total. The van der Waals surface area contributed by atoms with E-state index in [-0.39, 0.29) is 23.4 Å². The minimum absolute atomic E-state index is 0.0140. The third kappa shape index (κ3) is 5.51. The Morgan fingerprint density at radius 2 is 1.82 bits per heavy atom. The first-order valence-corrected chi connectivity index (χ1v) is 12.2. The van der Waals surface area contributed by atoms with Crippen molar-refractivity contribution in [2.24, 2.45) is 0 Å². The van der Waals surface area contributed by atoms with Crippen LogP contribution in [0.4, 0.5) is 5.69 Å². The van der Waals surface area contributed by atoms with Gasteiger partial charge in [0.1, 0.15) is 5.76 Å². The zero-order valence-corrected chi connectivity index (χ0v) is 19.2. The number of rotatable bonds is 8. The number of aryl methyl sites for hydroxylation is 1. The zero-order chi connectivity index (χ0) is 23.3. The van der Waals surface area contributed by atoms with Gasteiger partial charge in [0.25, 0.3) is 0 Å². The first-order chi connectivity index (χ1) is 15.9. The highest BCUT2D eigenvalue weighted by Crippen LogP contribution is 2.24. The highest BCUT2D eigenvalue weighted by molar-refractivity contribution is 7.89. The number of furan rings is 1. The molecule has 0 unspecified atom stereocenters. The minimum atomic E-state index is -3.65. The summed E-state index contributed by atoms with van der Waals surface area (Å²) in [6.07, 6.45) is 1.59. The number of carbonyl (C=O) groups excluding carboxylic acids is 1. The summed E-state index contributed by atoms with van der Waals surface area (Å²) in [7, 11) is -3.65. The van der Waals surface area contributed by atoms with E-state index >= 15 is 0 Å². The SMILES string of the molecule is Cc1ccc(S(=O)(=O)N2CCOCC2)cc1NC(=O)CN[C@H](c1ccccc1)c1ccco1. The van der Waals surface area contributed by atoms with Gasteiger partial charge in [-0.05, 0) is 42.3 Å². The Bertz CT molecular complexity index is 1170. The molecule has 2 heterocycles. The lowest BCUT2D eigenvalue weighted by atomic mass is 10.0. The molecule has 1 atom stereocenters. The minimum Gasteiger partial charge on any atom is -0.467 e. The van der Waals surface area contributed by atoms with E-state index < -0.39 is 10.0 Å². The molecular formula is C24H27N3O5S. The summed E-state index contributed by atoms with van der Waals surface area (Å²) in [5.74, 6) is 0.412. The maximum atomic E-state index is 13.0. The second-order valence-electron chi connectivity index (χ2n) is 7.78. The van der Waals surface area contributed by atoms with Gasteiger partial charge >= 0.3 is 0 Å². The molecule has 33 heavy (non-hydrogen) atoms. The molecule has 0 bridgehead atoms. The molecule has 2 aromatic carbocycles. The molecule has 1 amide bonds. The zero-order valence-electron chi connectivity index (χ0n) is 18.4. The van der Waals surface area contributed by atoms with Gasteiger partial charge in [0.15, 0.2) is 0 Å². The van der Waals surface area contributed by atoms with E-state index in [4.69, 9.17) is 9.15 Å². The van der Waals surface area contributed by atoms with Gasteiger partial charge in [0.2, 0.25) is 15.9 Å². The fraction of sp³-hybridized carbons (Fsp3) is 0.292. The van der Waals surface area contributed by atoms with E-state index in [1.807, 2.05) is 43.3 Å². The average molecular weight is 470 g/mol. The van der Waals surface area contributed by atoms with Crippen molar-refractivity contribution in [1.29, 1.82) is 0 Å². The molecule has 4 rings (SSSR count). The van der Waals surface area contributed by atoms with Crippen molar-refractivity contribution >= 4 is 21.6 Å². The average Bonchev–Trinajstić information content (AvgIpc) is 3.36. The van der Waals surface area contributed by atoms with E-state index in [1.54, 1.807) is 24.5 Å². The van der Waals surface area contributed by atoms with Gasteiger partial charge in [-0.3, -0.25) is 10.1 Å². The summed E-state index contributed by atoms with van der Waals surface area (Å²) in [5, 5.41) is 6.07. The van der Waals surface area contributed by atoms with Crippen LogP contribution in [0.15, 0.2) is 76.2 Å². The molecule has 1 saturated heterocycles. The van der Waals surface area contributed by atoms with Crippen LogP contribution in [0.1, 0.15) is 22.9 Å². The Balaban J connectivity index is 1.46. The predicted molar refractivity (Wildman–Crippen MR) is 124 cm³/mol. The molecule has 1 aliphatic heterocycles. The standard InChI is InChI=1S/C24H27N3O5S/c1-18-9-10-20(33(29,30)27-11-14-31-15-12-27)16-21(18)26-23(28)17-25-24(22-8-5-13-32-22)19-6-3-2-4-7-19/h2-10,13,16,24-25H,11-12,14-15,17H2,1H3,(H,26,28)/t24-/m1/s1. The normalized spacial score (nSPS) is 15.8. The van der Waals surface area contributed by atoms with Crippen molar-refractivity contribution in [3.05, 3.63) is 83.8 Å². The van der Waals surface area contributed by atoms with Crippen LogP contribution < -0.4 is 10.6 Å². The quantitative estimate of drug-likeness (QED) is 0.526. The van der Waals surface area contributed by atoms with Gasteiger partial charge in [-0.15, -0.1) is 0 Å². The van der Waals surface area contributed by atoms with E-state index in [9.17, 15) is 13.2 Å². The number of ether oxygens (including phenoxy) is 1. The third-order valence-corrected chi connectivity index (χ3v) is 7.41. The van der Waals surface area contributed by atoms with Gasteiger partial charge in [-0.2, -0.15) is 4.31 Å². The van der Waals surface area contributed by atoms with Crippen LogP contribution in [0.3, 0.4) is 0 Å². The van der Waals surface area contributed by atoms with Crippen molar-refractivity contribution < 1.29 is 22.4 Å². The van der Waals surface area contributed by atoms with Crippen LogP contribution in [-0.2, 0) is 19.6 Å². The number of amides is 1. The molecular weight excluding hydrogens is 442 g/mol. The molecule has 9 heteroatoms. The first-order valence-electron chi connectivity index (χ1n) is 10.8. The topological polar surface area (TPSA) is 101 Å². The van der Waals surface area contributed by atoms with Crippen molar-refractivity contribution in [3.8, 4) is 0 Å². The van der Waals surface area contributed by atoms with E-state index in [0.29, 0.717) is 37.8 Å². The molecule has 1 aliphatic rings. The van der Waals surface area contributed by atoms with Crippen LogP contribution in [-0.4, -0.2) is 51.5 Å². The van der Waals surface area contributed by atoms with Gasteiger partial charge in [0, 0.05) is 18.8 Å². The van der Waals surface area contributed by atoms with E-state index in [2.05, 4.69) is 10.6 Å². The third-order valence-electron chi connectivity index (χ3n) is 5.52. The van der Waals surface area contributed by atoms with Gasteiger partial charge in [-0.25, -0.2) is 8.42 Å². The Kier molecular flexibility index (Phi) is 7.24. The number of benzene rings is 2. The Hall–Kier alpha value is -2.98. The molecule has 1 aromatic heterocycles. The van der Waals surface area contributed by atoms with Crippen LogP contribution in [0.2, 0.25) is 0 Å². The predicted octanol–water partition coefficient (Wildman–Crippen LogP) is 2.93. The van der Waals surface area contributed by atoms with Crippen molar-refractivity contribution in [3.63, 3.8) is 0 Å². The molecule has 0 spiro atoms. The van der Waals surface area contributed by atoms with E-state index in [1.165, 1.54) is 10.4 Å². The number of nitrogens with one attached hydrogen (secondary N) is 2. The number of hydrogen-bond acceptors (Lipinski definition) is 6. The molecule has 0 aliphatic carbocycles. The van der Waals surface area contributed by atoms with Crippen LogP contribution >= 0.6 is 0 Å². The number of anilines is 1. The fourth-order valence-electron chi connectivity index (χ4n) is 3.71. The maximum Gasteiger partial charge on any atom is 0.243 e. The first kappa shape index (κ1) is 23.2. The smallest absolute Gasteiger partial charge is 0.243 e. The highest BCUT2D eigenvalue weighted by atomic mass is 32.2. The van der Waals surface area contributed by atoms with Gasteiger partial charge in [0.05, 0.1) is 37.0 Å². The highest BCUT2D eigenvalue weighted by Gasteiger charge is 2.27. The van der Waals surface area contributed by atoms with Crippen LogP contribution in [0.25, 0.3) is 0 Å². The van der Waals surface area contributed by atoms with Crippen molar-refractivity contribution in [2.75, 3.05) is 38.2 Å². The molecule has 174 valence electrons. The molecule has 0 radical (unpaired) electrons. The number of morpholine rings is 1. The Morgan fingerprint density at radius 3 is 2.52 bits per heavy atom. The summed E-state index contributed by atoms with van der Waals surface area (Å²) >= 11 is 0. The van der Waals surface area contributed by atoms with Crippen molar-refractivity contribution in [1.82, 2.24) is 9.62 Å². The van der Waals surface area contributed by atoms with E-state index in [0.717, 1.165) is 11.1 Å². The Labute approximate surface area is 193 Å². The van der Waals surface area contributed by atoms with Crippen LogP contribution in [0.5, 0.6) is 0 Å². The summed E-state index contributed by atoms with van der Waals surface area (Å²) in [6.45, 7) is 3.21. The Morgan fingerprint density at radius 1 is 1.06 bits per heavy atom. The number of nitrogens with zero attached hydrogens (tertiary/aromatic N) is 1. The van der Waals surface area contributed by atoms with Gasteiger partial charge < -0.3 is 14.5 Å². The van der Waals surface area contributed by atoms with Crippen molar-refractivity contribution in [2.45, 2.75) is 17.9 Å². The molecule has 8 nitrogen and oxygen atoms in total. The van der Waals surface area contributed by atoms with Crippen LogP contribution in [0, 0.1) is 6.92 Å². The fourth-order valence-corrected chi connectivity index (χ4v) is 5.14. The second kappa shape index (κ2) is 10.3. The van der Waals surface area contributed by atoms with Gasteiger partial charge in [-0.1, -0.05) is 36.4 Å². The molecule has 3 aromatic rings. The lowest BCUT2D eigenvalue weighted by molar-refractivity contribution is -0.115. The maximum absolute atomic E-state index is 13.0. The summed E-state index contributed by atoms with van der Waals surface area (Å²) in [5.41, 5.74) is 2.20. The summed E-state index contributed by atoms with van der Waals surface area (Å²) in [6, 6.07) is 17.8. The summed E-state index contributed by atoms with van der Waals surface area (Å²) < 4.78 is 38.2. The second-order valence-corrected chi connectivity index (χ2v) is 9.72. The number of carbonyl (C=O) groups is 1. The molecule has 0 saturated carbocycles.